The van der Waals surface area contributed by atoms with E-state index in [9.17, 15) is 4.79 Å². The molecular weight excluding hydrogens is 282 g/mol. The van der Waals surface area contributed by atoms with Crippen molar-refractivity contribution in [3.8, 4) is 0 Å². The molecule has 0 bridgehead atoms. The van der Waals surface area contributed by atoms with Crippen LogP contribution in [-0.4, -0.2) is 23.9 Å². The summed E-state index contributed by atoms with van der Waals surface area (Å²) in [7, 11) is 0. The van der Waals surface area contributed by atoms with E-state index >= 15 is 0 Å². The number of amides is 1. The van der Waals surface area contributed by atoms with Gasteiger partial charge in [0, 0.05) is 13.1 Å². The van der Waals surface area contributed by atoms with Crippen LogP contribution in [0, 0.1) is 5.41 Å². The quantitative estimate of drug-likeness (QED) is 0.792. The number of halogens is 1. The summed E-state index contributed by atoms with van der Waals surface area (Å²) in [4.78, 5) is 14.1. The first-order valence-corrected chi connectivity index (χ1v) is 6.82. The summed E-state index contributed by atoms with van der Waals surface area (Å²) in [5.74, 6) is 0.435. The van der Waals surface area contributed by atoms with Gasteiger partial charge in [0.2, 0.25) is 0 Å². The summed E-state index contributed by atoms with van der Waals surface area (Å²) < 4.78 is 5.92. The third kappa shape index (κ3) is 3.12. The van der Waals surface area contributed by atoms with Crippen molar-refractivity contribution in [2.45, 2.75) is 33.1 Å². The van der Waals surface area contributed by atoms with Crippen LogP contribution in [0.4, 0.5) is 0 Å². The highest BCUT2D eigenvalue weighted by Gasteiger charge is 2.26. The van der Waals surface area contributed by atoms with E-state index in [1.54, 1.807) is 12.1 Å². The molecule has 1 aromatic heterocycles. The van der Waals surface area contributed by atoms with E-state index < -0.39 is 0 Å². The lowest BCUT2D eigenvalue weighted by Gasteiger charge is -2.22. The zero-order valence-electron chi connectivity index (χ0n) is 10.3. The maximum atomic E-state index is 12.2. The Kier molecular flexibility index (Phi) is 3.61. The standard InChI is InChI=1S/C13H18BrNO2/c1-13(2)6-3-8-15(9-7-13)12(16)10-4-5-11(14)17-10/h4-5H,3,6-9H2,1-2H3. The van der Waals surface area contributed by atoms with Crippen molar-refractivity contribution in [3.63, 3.8) is 0 Å². The number of rotatable bonds is 1. The minimum absolute atomic E-state index is 0.00778. The van der Waals surface area contributed by atoms with Gasteiger partial charge in [0.15, 0.2) is 10.4 Å². The van der Waals surface area contributed by atoms with E-state index in [0.29, 0.717) is 15.8 Å². The van der Waals surface area contributed by atoms with Gasteiger partial charge in [-0.3, -0.25) is 4.79 Å². The van der Waals surface area contributed by atoms with Gasteiger partial charge in [0.1, 0.15) is 0 Å². The minimum atomic E-state index is 0.00778. The second-order valence-corrected chi connectivity index (χ2v) is 6.20. The third-order valence-corrected chi connectivity index (χ3v) is 3.84. The fraction of sp³-hybridized carbons (Fsp3) is 0.615. The van der Waals surface area contributed by atoms with Crippen molar-refractivity contribution in [1.29, 1.82) is 0 Å². The maximum absolute atomic E-state index is 12.2. The number of nitrogens with zero attached hydrogens (tertiary/aromatic N) is 1. The van der Waals surface area contributed by atoms with Crippen LogP contribution in [0.25, 0.3) is 0 Å². The van der Waals surface area contributed by atoms with Crippen LogP contribution >= 0.6 is 15.9 Å². The largest absolute Gasteiger partial charge is 0.444 e. The van der Waals surface area contributed by atoms with Crippen LogP contribution < -0.4 is 0 Å². The number of carbonyl (C=O) groups is 1. The van der Waals surface area contributed by atoms with E-state index in [-0.39, 0.29) is 5.91 Å². The Bertz CT molecular complexity index is 411. The molecule has 1 fully saturated rings. The van der Waals surface area contributed by atoms with Crippen molar-refractivity contribution in [3.05, 3.63) is 22.6 Å². The Morgan fingerprint density at radius 2 is 2.12 bits per heavy atom. The predicted octanol–water partition coefficient (Wildman–Crippen LogP) is 3.69. The van der Waals surface area contributed by atoms with E-state index in [1.807, 2.05) is 4.90 Å². The first kappa shape index (κ1) is 12.7. The molecule has 4 heteroatoms. The Morgan fingerprint density at radius 1 is 1.35 bits per heavy atom. The SMILES string of the molecule is CC1(C)CCCN(C(=O)c2ccc(Br)o2)CC1. The van der Waals surface area contributed by atoms with Crippen molar-refractivity contribution in [2.75, 3.05) is 13.1 Å². The Hall–Kier alpha value is -0.770. The lowest BCUT2D eigenvalue weighted by atomic mass is 9.85. The van der Waals surface area contributed by atoms with Gasteiger partial charge < -0.3 is 9.32 Å². The lowest BCUT2D eigenvalue weighted by Crippen LogP contribution is -2.32. The van der Waals surface area contributed by atoms with E-state index in [0.717, 1.165) is 25.9 Å². The fourth-order valence-electron chi connectivity index (χ4n) is 2.21. The molecule has 94 valence electrons. The molecule has 0 spiro atoms. The highest BCUT2D eigenvalue weighted by Crippen LogP contribution is 2.30. The monoisotopic (exact) mass is 299 g/mol. The Morgan fingerprint density at radius 3 is 2.76 bits per heavy atom. The molecule has 0 radical (unpaired) electrons. The van der Waals surface area contributed by atoms with Crippen LogP contribution in [-0.2, 0) is 0 Å². The number of likely N-dealkylation sites (tertiary alicyclic amines) is 1. The maximum Gasteiger partial charge on any atom is 0.289 e. The highest BCUT2D eigenvalue weighted by atomic mass is 79.9. The molecule has 0 atom stereocenters. The molecule has 0 unspecified atom stereocenters. The van der Waals surface area contributed by atoms with Gasteiger partial charge in [-0.25, -0.2) is 0 Å². The van der Waals surface area contributed by atoms with Gasteiger partial charge in [-0.2, -0.15) is 0 Å². The first-order valence-electron chi connectivity index (χ1n) is 6.03. The summed E-state index contributed by atoms with van der Waals surface area (Å²) in [5.41, 5.74) is 0.346. The van der Waals surface area contributed by atoms with Gasteiger partial charge in [-0.05, 0) is 52.7 Å². The summed E-state index contributed by atoms with van der Waals surface area (Å²) in [6.07, 6.45) is 3.31. The van der Waals surface area contributed by atoms with Gasteiger partial charge in [0.25, 0.3) is 5.91 Å². The molecule has 3 nitrogen and oxygen atoms in total. The minimum Gasteiger partial charge on any atom is -0.444 e. The molecule has 1 saturated heterocycles. The zero-order chi connectivity index (χ0) is 12.5. The van der Waals surface area contributed by atoms with E-state index in [4.69, 9.17) is 4.42 Å². The van der Waals surface area contributed by atoms with Crippen molar-refractivity contribution < 1.29 is 9.21 Å². The molecule has 0 saturated carbocycles. The summed E-state index contributed by atoms with van der Waals surface area (Å²) in [6.45, 7) is 6.19. The van der Waals surface area contributed by atoms with Crippen LogP contribution in [0.3, 0.4) is 0 Å². The summed E-state index contributed by atoms with van der Waals surface area (Å²) in [5, 5.41) is 0. The second kappa shape index (κ2) is 4.84. The first-order chi connectivity index (χ1) is 7.98. The topological polar surface area (TPSA) is 33.5 Å². The van der Waals surface area contributed by atoms with Gasteiger partial charge in [-0.15, -0.1) is 0 Å². The van der Waals surface area contributed by atoms with Crippen LogP contribution in [0.15, 0.2) is 21.2 Å². The van der Waals surface area contributed by atoms with Crippen molar-refractivity contribution in [1.82, 2.24) is 4.90 Å². The molecule has 0 aromatic carbocycles. The smallest absolute Gasteiger partial charge is 0.289 e. The molecule has 2 heterocycles. The van der Waals surface area contributed by atoms with Crippen molar-refractivity contribution in [2.24, 2.45) is 5.41 Å². The third-order valence-electron chi connectivity index (χ3n) is 3.41. The number of carbonyl (C=O) groups excluding carboxylic acids is 1. The normalized spacial score (nSPS) is 20.1. The van der Waals surface area contributed by atoms with Crippen molar-refractivity contribution >= 4 is 21.8 Å². The second-order valence-electron chi connectivity index (χ2n) is 5.41. The van der Waals surface area contributed by atoms with Gasteiger partial charge in [0.05, 0.1) is 0 Å². The Balaban J connectivity index is 2.05. The summed E-state index contributed by atoms with van der Waals surface area (Å²) >= 11 is 3.22. The number of furan rings is 1. The fourth-order valence-corrected chi connectivity index (χ4v) is 2.52. The average molecular weight is 300 g/mol. The molecular formula is C13H18BrNO2. The average Bonchev–Trinajstić information content (AvgIpc) is 2.60. The molecule has 1 aliphatic rings. The zero-order valence-corrected chi connectivity index (χ0v) is 11.9. The molecule has 1 amide bonds. The molecule has 0 aliphatic carbocycles. The predicted molar refractivity (Wildman–Crippen MR) is 69.9 cm³/mol. The lowest BCUT2D eigenvalue weighted by molar-refractivity contribution is 0.0724. The molecule has 2 rings (SSSR count). The van der Waals surface area contributed by atoms with E-state index in [2.05, 4.69) is 29.8 Å². The summed E-state index contributed by atoms with van der Waals surface area (Å²) in [6, 6.07) is 3.48. The number of hydrogen-bond acceptors (Lipinski definition) is 2. The molecule has 1 aromatic rings. The van der Waals surface area contributed by atoms with Crippen LogP contribution in [0.1, 0.15) is 43.7 Å². The number of hydrogen-bond donors (Lipinski definition) is 0. The van der Waals surface area contributed by atoms with Gasteiger partial charge in [-0.1, -0.05) is 13.8 Å². The molecule has 17 heavy (non-hydrogen) atoms. The van der Waals surface area contributed by atoms with Crippen LogP contribution in [0.5, 0.6) is 0 Å². The van der Waals surface area contributed by atoms with Gasteiger partial charge >= 0.3 is 0 Å². The Labute approximate surface area is 110 Å². The molecule has 1 aliphatic heterocycles. The molecule has 0 N–H and O–H groups in total. The van der Waals surface area contributed by atoms with E-state index in [1.165, 1.54) is 6.42 Å². The van der Waals surface area contributed by atoms with Crippen LogP contribution in [0.2, 0.25) is 0 Å². The highest BCUT2D eigenvalue weighted by molar-refractivity contribution is 9.10.